The Balaban J connectivity index is 2.44. The molecule has 0 bridgehead atoms. The van der Waals surface area contributed by atoms with Crippen LogP contribution in [0, 0.1) is 5.92 Å². The molecule has 0 fully saturated rings. The van der Waals surface area contributed by atoms with E-state index in [0.29, 0.717) is 0 Å². The minimum atomic E-state index is -0.973. The first-order valence-corrected chi connectivity index (χ1v) is 7.59. The van der Waals surface area contributed by atoms with E-state index in [1.165, 1.54) is 11.8 Å². The molecule has 2 atom stereocenters. The monoisotopic (exact) mass is 287 g/mol. The molecule has 1 aromatic heterocycles. The number of hydrogen-bond acceptors (Lipinski definition) is 4. The molecule has 1 heterocycles. The number of carbonyl (C=O) groups is 2. The Hall–Kier alpha value is -1.01. The zero-order chi connectivity index (χ0) is 13.5. The predicted molar refractivity (Wildman–Crippen MR) is 74.1 cm³/mol. The van der Waals surface area contributed by atoms with E-state index in [1.54, 1.807) is 11.3 Å². The number of rotatable bonds is 7. The molecule has 18 heavy (non-hydrogen) atoms. The summed E-state index contributed by atoms with van der Waals surface area (Å²) >= 11 is 2.99. The number of nitrogens with one attached hydrogen (secondary N) is 1. The number of thiophene rings is 1. The van der Waals surface area contributed by atoms with Gasteiger partial charge in [0.1, 0.15) is 6.04 Å². The normalized spacial score (nSPS) is 13.9. The first-order valence-electron chi connectivity index (χ1n) is 5.73. The van der Waals surface area contributed by atoms with E-state index >= 15 is 0 Å². The summed E-state index contributed by atoms with van der Waals surface area (Å²) in [7, 11) is 0. The summed E-state index contributed by atoms with van der Waals surface area (Å²) in [6.45, 7) is 3.73. The second kappa shape index (κ2) is 7.43. The summed E-state index contributed by atoms with van der Waals surface area (Å²) < 4.78 is 1.06. The fraction of sp³-hybridized carbons (Fsp3) is 0.500. The van der Waals surface area contributed by atoms with E-state index in [4.69, 9.17) is 5.11 Å². The zero-order valence-electron chi connectivity index (χ0n) is 10.4. The molecule has 100 valence electrons. The number of amides is 1. The molecule has 1 amide bonds. The maximum atomic E-state index is 11.7. The van der Waals surface area contributed by atoms with Gasteiger partial charge in [0.2, 0.25) is 5.91 Å². The van der Waals surface area contributed by atoms with Gasteiger partial charge in [0.25, 0.3) is 0 Å². The first kappa shape index (κ1) is 15.0. The van der Waals surface area contributed by atoms with Gasteiger partial charge in [-0.2, -0.15) is 0 Å². The van der Waals surface area contributed by atoms with Crippen LogP contribution in [-0.4, -0.2) is 28.8 Å². The van der Waals surface area contributed by atoms with E-state index in [9.17, 15) is 9.59 Å². The van der Waals surface area contributed by atoms with Crippen molar-refractivity contribution in [1.29, 1.82) is 0 Å². The molecule has 4 nitrogen and oxygen atoms in total. The van der Waals surface area contributed by atoms with Gasteiger partial charge in [0.05, 0.1) is 9.96 Å². The van der Waals surface area contributed by atoms with Crippen molar-refractivity contribution in [3.8, 4) is 0 Å². The fourth-order valence-electron chi connectivity index (χ4n) is 1.38. The summed E-state index contributed by atoms with van der Waals surface area (Å²) in [4.78, 5) is 22.7. The van der Waals surface area contributed by atoms with E-state index in [2.05, 4.69) is 5.32 Å². The Morgan fingerprint density at radius 3 is 2.78 bits per heavy atom. The van der Waals surface area contributed by atoms with E-state index in [0.717, 1.165) is 10.6 Å². The fourth-order valence-corrected chi connectivity index (χ4v) is 2.98. The first-order chi connectivity index (χ1) is 8.54. The van der Waals surface area contributed by atoms with Crippen LogP contribution in [0.25, 0.3) is 0 Å². The van der Waals surface area contributed by atoms with Crippen LogP contribution >= 0.6 is 23.1 Å². The summed E-state index contributed by atoms with van der Waals surface area (Å²) in [5, 5.41) is 13.6. The van der Waals surface area contributed by atoms with Crippen molar-refractivity contribution < 1.29 is 14.7 Å². The standard InChI is InChI=1S/C12H17NO3S2/c1-3-8(2)11(12(15)16)13-9(14)7-18-10-5-4-6-17-10/h4-6,8,11H,3,7H2,1-2H3,(H,13,14)(H,15,16). The van der Waals surface area contributed by atoms with Crippen molar-refractivity contribution in [3.63, 3.8) is 0 Å². The predicted octanol–water partition coefficient (Wildman–Crippen LogP) is 2.46. The Kier molecular flexibility index (Phi) is 6.21. The molecule has 1 rings (SSSR count). The van der Waals surface area contributed by atoms with Crippen LogP contribution in [0.4, 0.5) is 0 Å². The number of carbonyl (C=O) groups excluding carboxylic acids is 1. The molecular weight excluding hydrogens is 270 g/mol. The summed E-state index contributed by atoms with van der Waals surface area (Å²) in [6.07, 6.45) is 0.718. The maximum Gasteiger partial charge on any atom is 0.326 e. The van der Waals surface area contributed by atoms with Crippen molar-refractivity contribution in [2.24, 2.45) is 5.92 Å². The van der Waals surface area contributed by atoms with Crippen molar-refractivity contribution in [3.05, 3.63) is 17.5 Å². The quantitative estimate of drug-likeness (QED) is 0.756. The van der Waals surface area contributed by atoms with Gasteiger partial charge in [-0.15, -0.1) is 23.1 Å². The van der Waals surface area contributed by atoms with Crippen LogP contribution in [0.5, 0.6) is 0 Å². The van der Waals surface area contributed by atoms with Gasteiger partial charge >= 0.3 is 5.97 Å². The third kappa shape index (κ3) is 4.70. The summed E-state index contributed by atoms with van der Waals surface area (Å²) in [5.41, 5.74) is 0. The SMILES string of the molecule is CCC(C)C(NC(=O)CSc1cccs1)C(=O)O. The second-order valence-corrected chi connectivity index (χ2v) is 6.21. The lowest BCUT2D eigenvalue weighted by Crippen LogP contribution is -2.45. The Bertz CT molecular complexity index is 392. The number of thioether (sulfide) groups is 1. The Morgan fingerprint density at radius 1 is 1.56 bits per heavy atom. The highest BCUT2D eigenvalue weighted by Crippen LogP contribution is 2.23. The van der Waals surface area contributed by atoms with Gasteiger partial charge < -0.3 is 10.4 Å². The van der Waals surface area contributed by atoms with Crippen LogP contribution in [0.15, 0.2) is 21.7 Å². The van der Waals surface area contributed by atoms with Gasteiger partial charge in [-0.05, 0) is 17.4 Å². The van der Waals surface area contributed by atoms with E-state index in [-0.39, 0.29) is 17.6 Å². The molecule has 0 aliphatic rings. The molecule has 0 aromatic carbocycles. The number of carboxylic acid groups (broad SMARTS) is 1. The Morgan fingerprint density at radius 2 is 2.28 bits per heavy atom. The molecule has 0 radical (unpaired) electrons. The minimum absolute atomic E-state index is 0.0711. The molecular formula is C12H17NO3S2. The van der Waals surface area contributed by atoms with E-state index in [1.807, 2.05) is 31.4 Å². The summed E-state index contributed by atoms with van der Waals surface area (Å²) in [5.74, 6) is -1.03. The molecule has 0 aliphatic heterocycles. The van der Waals surface area contributed by atoms with Crippen molar-refractivity contribution in [2.75, 3.05) is 5.75 Å². The van der Waals surface area contributed by atoms with Crippen LogP contribution in [0.3, 0.4) is 0 Å². The molecule has 0 saturated heterocycles. The second-order valence-electron chi connectivity index (χ2n) is 3.99. The average molecular weight is 287 g/mol. The highest BCUT2D eigenvalue weighted by Gasteiger charge is 2.25. The van der Waals surface area contributed by atoms with Crippen LogP contribution in [0.1, 0.15) is 20.3 Å². The highest BCUT2D eigenvalue weighted by atomic mass is 32.2. The molecule has 2 unspecified atom stereocenters. The van der Waals surface area contributed by atoms with Crippen molar-refractivity contribution >= 4 is 35.0 Å². The van der Waals surface area contributed by atoms with Crippen LogP contribution in [-0.2, 0) is 9.59 Å². The zero-order valence-corrected chi connectivity index (χ0v) is 12.0. The number of hydrogen-bond donors (Lipinski definition) is 2. The highest BCUT2D eigenvalue weighted by molar-refractivity contribution is 8.01. The lowest BCUT2D eigenvalue weighted by Gasteiger charge is -2.19. The van der Waals surface area contributed by atoms with E-state index < -0.39 is 12.0 Å². The van der Waals surface area contributed by atoms with Gasteiger partial charge in [-0.25, -0.2) is 4.79 Å². The number of aliphatic carboxylic acids is 1. The van der Waals surface area contributed by atoms with Crippen molar-refractivity contribution in [1.82, 2.24) is 5.32 Å². The molecule has 6 heteroatoms. The third-order valence-corrected chi connectivity index (χ3v) is 4.77. The average Bonchev–Trinajstić information content (AvgIpc) is 2.85. The summed E-state index contributed by atoms with van der Waals surface area (Å²) in [6, 6.07) is 3.06. The third-order valence-electron chi connectivity index (χ3n) is 2.64. The largest absolute Gasteiger partial charge is 0.480 e. The van der Waals surface area contributed by atoms with Crippen molar-refractivity contribution in [2.45, 2.75) is 30.5 Å². The molecule has 0 spiro atoms. The minimum Gasteiger partial charge on any atom is -0.480 e. The topological polar surface area (TPSA) is 66.4 Å². The molecule has 0 aliphatic carbocycles. The lowest BCUT2D eigenvalue weighted by atomic mass is 9.99. The van der Waals surface area contributed by atoms with Gasteiger partial charge in [0, 0.05) is 0 Å². The molecule has 0 saturated carbocycles. The smallest absolute Gasteiger partial charge is 0.326 e. The Labute approximate surface area is 115 Å². The molecule has 2 N–H and O–H groups in total. The lowest BCUT2D eigenvalue weighted by molar-refractivity contribution is -0.143. The van der Waals surface area contributed by atoms with Gasteiger partial charge in [-0.3, -0.25) is 4.79 Å². The number of carboxylic acids is 1. The van der Waals surface area contributed by atoms with Gasteiger partial charge in [-0.1, -0.05) is 26.3 Å². The van der Waals surface area contributed by atoms with Gasteiger partial charge in [0.15, 0.2) is 0 Å². The molecule has 1 aromatic rings. The van der Waals surface area contributed by atoms with Crippen LogP contribution < -0.4 is 5.32 Å². The maximum absolute atomic E-state index is 11.7. The van der Waals surface area contributed by atoms with Crippen LogP contribution in [0.2, 0.25) is 0 Å².